The molecule has 0 radical (unpaired) electrons. The first-order chi connectivity index (χ1) is 12.5. The maximum Gasteiger partial charge on any atom is 0.255 e. The van der Waals surface area contributed by atoms with Gasteiger partial charge in [-0.15, -0.1) is 0 Å². The summed E-state index contributed by atoms with van der Waals surface area (Å²) in [6.07, 6.45) is 3.09. The van der Waals surface area contributed by atoms with Crippen LogP contribution in [-0.4, -0.2) is 45.4 Å². The van der Waals surface area contributed by atoms with E-state index < -0.39 is 12.0 Å². The lowest BCUT2D eigenvalue weighted by molar-refractivity contribution is -0.0121. The molecule has 1 aliphatic heterocycles. The Morgan fingerprint density at radius 3 is 3.12 bits per heavy atom. The molecule has 1 unspecified atom stereocenters. The van der Waals surface area contributed by atoms with Gasteiger partial charge in [0.1, 0.15) is 12.3 Å². The van der Waals surface area contributed by atoms with Crippen LogP contribution in [0.2, 0.25) is 5.02 Å². The second-order valence-electron chi connectivity index (χ2n) is 6.01. The number of aliphatic hydroxyl groups is 1. The van der Waals surface area contributed by atoms with Crippen molar-refractivity contribution in [1.82, 2.24) is 14.9 Å². The summed E-state index contributed by atoms with van der Waals surface area (Å²) < 4.78 is 19.8. The van der Waals surface area contributed by atoms with Crippen LogP contribution in [-0.2, 0) is 0 Å². The van der Waals surface area contributed by atoms with E-state index in [1.165, 1.54) is 6.08 Å². The van der Waals surface area contributed by atoms with Crippen molar-refractivity contribution in [3.63, 3.8) is 0 Å². The maximum atomic E-state index is 14.1. The normalized spacial score (nSPS) is 19.0. The lowest BCUT2D eigenvalue weighted by Gasteiger charge is -2.34. The van der Waals surface area contributed by atoms with Crippen molar-refractivity contribution in [1.29, 1.82) is 0 Å². The second kappa shape index (κ2) is 8.44. The number of aliphatic hydroxyl groups excluding tert-OH is 1. The molecule has 0 bridgehead atoms. The minimum Gasteiger partial charge on any atom is -0.471 e. The van der Waals surface area contributed by atoms with E-state index in [1.807, 2.05) is 4.90 Å². The smallest absolute Gasteiger partial charge is 0.255 e. The summed E-state index contributed by atoms with van der Waals surface area (Å²) in [4.78, 5) is 9.87. The third kappa shape index (κ3) is 4.69. The number of nitrogens with one attached hydrogen (secondary N) is 1. The first kappa shape index (κ1) is 18.6. The molecule has 0 aliphatic carbocycles. The molecule has 6 nitrogen and oxygen atoms in total. The zero-order valence-corrected chi connectivity index (χ0v) is 14.9. The van der Waals surface area contributed by atoms with Crippen LogP contribution in [0.4, 0.5) is 16.0 Å². The molecular formula is C18H20ClFN4O2. The van der Waals surface area contributed by atoms with Gasteiger partial charge in [0.15, 0.2) is 0 Å². The summed E-state index contributed by atoms with van der Waals surface area (Å²) in [5.41, 5.74) is 0.688. The van der Waals surface area contributed by atoms with Gasteiger partial charge in [0.05, 0.1) is 6.20 Å². The van der Waals surface area contributed by atoms with Gasteiger partial charge in [-0.05, 0) is 37.1 Å². The highest BCUT2D eigenvalue weighted by Crippen LogP contribution is 2.23. The molecule has 3 rings (SSSR count). The van der Waals surface area contributed by atoms with Crippen molar-refractivity contribution in [2.45, 2.75) is 25.2 Å². The highest BCUT2D eigenvalue weighted by Gasteiger charge is 2.25. The third-order valence-corrected chi connectivity index (χ3v) is 4.30. The van der Waals surface area contributed by atoms with E-state index >= 15 is 0 Å². The summed E-state index contributed by atoms with van der Waals surface area (Å²) in [6, 6.07) is 7.05. The molecule has 0 saturated carbocycles. The SMILES string of the molecule is C=CC(O)N1CCC[C@@H](Oc2nc(Nc3cccc(Cl)c3)ncc2F)C1. The van der Waals surface area contributed by atoms with E-state index in [-0.39, 0.29) is 17.9 Å². The molecule has 2 aromatic rings. The molecule has 2 heterocycles. The lowest BCUT2D eigenvalue weighted by atomic mass is 10.1. The monoisotopic (exact) mass is 378 g/mol. The first-order valence-electron chi connectivity index (χ1n) is 8.31. The van der Waals surface area contributed by atoms with E-state index in [0.29, 0.717) is 17.3 Å². The first-order valence-corrected chi connectivity index (χ1v) is 8.69. The largest absolute Gasteiger partial charge is 0.471 e. The van der Waals surface area contributed by atoms with Crippen LogP contribution in [0.3, 0.4) is 0 Å². The summed E-state index contributed by atoms with van der Waals surface area (Å²) in [5.74, 6) is -0.546. The van der Waals surface area contributed by atoms with Crippen LogP contribution in [0.25, 0.3) is 0 Å². The summed E-state index contributed by atoms with van der Waals surface area (Å²) >= 11 is 5.95. The van der Waals surface area contributed by atoms with Crippen molar-refractivity contribution < 1.29 is 14.2 Å². The lowest BCUT2D eigenvalue weighted by Crippen LogP contribution is -2.45. The molecule has 2 N–H and O–H groups in total. The number of likely N-dealkylation sites (tertiary alicyclic amines) is 1. The van der Waals surface area contributed by atoms with Crippen LogP contribution in [0.15, 0.2) is 43.1 Å². The van der Waals surface area contributed by atoms with Gasteiger partial charge < -0.3 is 15.2 Å². The number of hydrogen-bond acceptors (Lipinski definition) is 6. The molecule has 138 valence electrons. The molecule has 1 saturated heterocycles. The van der Waals surface area contributed by atoms with Crippen LogP contribution >= 0.6 is 11.6 Å². The number of rotatable bonds is 6. The Hall–Kier alpha value is -2.22. The highest BCUT2D eigenvalue weighted by atomic mass is 35.5. The number of nitrogens with zero attached hydrogens (tertiary/aromatic N) is 3. The summed E-state index contributed by atoms with van der Waals surface area (Å²) in [6.45, 7) is 4.79. The van der Waals surface area contributed by atoms with Gasteiger partial charge in [0.25, 0.3) is 5.88 Å². The summed E-state index contributed by atoms with van der Waals surface area (Å²) in [5, 5.41) is 13.4. The molecule has 0 amide bonds. The predicted molar refractivity (Wildman–Crippen MR) is 98.2 cm³/mol. The number of aromatic nitrogens is 2. The Balaban J connectivity index is 1.70. The van der Waals surface area contributed by atoms with E-state index in [2.05, 4.69) is 21.9 Å². The van der Waals surface area contributed by atoms with Gasteiger partial charge >= 0.3 is 0 Å². The number of anilines is 2. The number of ether oxygens (including phenoxy) is 1. The molecule has 8 heteroatoms. The zero-order valence-electron chi connectivity index (χ0n) is 14.1. The van der Waals surface area contributed by atoms with E-state index in [0.717, 1.165) is 25.6 Å². The fourth-order valence-electron chi connectivity index (χ4n) is 2.80. The van der Waals surface area contributed by atoms with Crippen LogP contribution in [0.1, 0.15) is 12.8 Å². The van der Waals surface area contributed by atoms with Crippen molar-refractivity contribution in [2.75, 3.05) is 18.4 Å². The van der Waals surface area contributed by atoms with Crippen molar-refractivity contribution in [3.8, 4) is 5.88 Å². The van der Waals surface area contributed by atoms with Gasteiger partial charge in [0, 0.05) is 23.8 Å². The fraction of sp³-hybridized carbons (Fsp3) is 0.333. The quantitative estimate of drug-likeness (QED) is 0.751. The molecule has 1 fully saturated rings. The topological polar surface area (TPSA) is 70.5 Å². The van der Waals surface area contributed by atoms with E-state index in [9.17, 15) is 9.50 Å². The van der Waals surface area contributed by atoms with E-state index in [4.69, 9.17) is 16.3 Å². The van der Waals surface area contributed by atoms with Gasteiger partial charge in [-0.1, -0.05) is 24.2 Å². The van der Waals surface area contributed by atoms with Crippen molar-refractivity contribution >= 4 is 23.2 Å². The Labute approximate surface area is 156 Å². The number of benzene rings is 1. The van der Waals surface area contributed by atoms with Crippen LogP contribution in [0.5, 0.6) is 5.88 Å². The van der Waals surface area contributed by atoms with Crippen LogP contribution < -0.4 is 10.1 Å². The van der Waals surface area contributed by atoms with Gasteiger partial charge in [-0.2, -0.15) is 9.37 Å². The highest BCUT2D eigenvalue weighted by molar-refractivity contribution is 6.30. The minimum absolute atomic E-state index is 0.121. The van der Waals surface area contributed by atoms with Crippen LogP contribution in [0, 0.1) is 5.82 Å². The number of hydrogen-bond donors (Lipinski definition) is 2. The fourth-order valence-corrected chi connectivity index (χ4v) is 2.99. The molecule has 26 heavy (non-hydrogen) atoms. The average molecular weight is 379 g/mol. The average Bonchev–Trinajstić information content (AvgIpc) is 2.64. The standard InChI is InChI=1S/C18H20ClFN4O2/c1-2-16(25)24-8-4-7-14(11-24)26-17-15(20)10-21-18(23-17)22-13-6-3-5-12(19)9-13/h2-3,5-6,9-10,14,16,25H,1,4,7-8,11H2,(H,21,22,23)/t14-,16?/m1/s1. The molecule has 2 atom stereocenters. The summed E-state index contributed by atoms with van der Waals surface area (Å²) in [7, 11) is 0. The molecule has 1 aromatic carbocycles. The zero-order chi connectivity index (χ0) is 18.5. The molecular weight excluding hydrogens is 359 g/mol. The van der Waals surface area contributed by atoms with Gasteiger partial charge in [-0.25, -0.2) is 4.98 Å². The van der Waals surface area contributed by atoms with Gasteiger partial charge in [-0.3, -0.25) is 4.90 Å². The Kier molecular flexibility index (Phi) is 6.03. The molecule has 0 spiro atoms. The third-order valence-electron chi connectivity index (χ3n) is 4.07. The van der Waals surface area contributed by atoms with Crippen molar-refractivity contribution in [3.05, 3.63) is 54.0 Å². The minimum atomic E-state index is -0.739. The molecule has 1 aliphatic rings. The van der Waals surface area contributed by atoms with Gasteiger partial charge in [0.2, 0.25) is 11.8 Å². The molecule has 1 aromatic heterocycles. The number of piperidine rings is 1. The predicted octanol–water partition coefficient (Wildman–Crippen LogP) is 3.36. The van der Waals surface area contributed by atoms with E-state index in [1.54, 1.807) is 24.3 Å². The maximum absolute atomic E-state index is 14.1. The Bertz CT molecular complexity index is 777. The van der Waals surface area contributed by atoms with Crippen molar-refractivity contribution in [2.24, 2.45) is 0 Å². The second-order valence-corrected chi connectivity index (χ2v) is 6.44. The number of halogens is 2. The Morgan fingerprint density at radius 1 is 1.50 bits per heavy atom. The Morgan fingerprint density at radius 2 is 2.35 bits per heavy atom.